The number of piperazine rings is 1. The average molecular weight is 241 g/mol. The minimum Gasteiger partial charge on any atom is -0.381 e. The van der Waals surface area contributed by atoms with E-state index in [1.165, 1.54) is 26.1 Å². The third-order valence-corrected chi connectivity index (χ3v) is 4.23. The Morgan fingerprint density at radius 3 is 2.82 bits per heavy atom. The Balaban J connectivity index is 2.02. The van der Waals surface area contributed by atoms with Crippen LogP contribution < -0.4 is 5.32 Å². The smallest absolute Gasteiger partial charge is 0.0510 e. The van der Waals surface area contributed by atoms with Crippen LogP contribution in [0.4, 0.5) is 0 Å². The fourth-order valence-electron chi connectivity index (χ4n) is 3.12. The molecule has 0 radical (unpaired) electrons. The van der Waals surface area contributed by atoms with E-state index in [1.54, 1.807) is 0 Å². The van der Waals surface area contributed by atoms with Crippen molar-refractivity contribution in [3.05, 3.63) is 0 Å². The topological polar surface area (TPSA) is 27.7 Å². The minimum atomic E-state index is 0.579. The van der Waals surface area contributed by atoms with E-state index in [0.29, 0.717) is 18.0 Å². The summed E-state index contributed by atoms with van der Waals surface area (Å²) < 4.78 is 5.57. The lowest BCUT2D eigenvalue weighted by Gasteiger charge is -2.44. The second-order valence-corrected chi connectivity index (χ2v) is 5.52. The van der Waals surface area contributed by atoms with Gasteiger partial charge in [-0.3, -0.25) is 4.90 Å². The molecular weight excluding hydrogens is 214 g/mol. The average Bonchev–Trinajstić information content (AvgIpc) is 2.83. The molecule has 100 valence electrons. The maximum absolute atomic E-state index is 5.57. The molecule has 4 nitrogen and oxygen atoms in total. The highest BCUT2D eigenvalue weighted by molar-refractivity contribution is 4.93. The van der Waals surface area contributed by atoms with Crippen LogP contribution in [0.3, 0.4) is 0 Å². The third-order valence-electron chi connectivity index (χ3n) is 4.23. The van der Waals surface area contributed by atoms with E-state index in [1.807, 2.05) is 0 Å². The molecule has 4 heteroatoms. The highest BCUT2D eigenvalue weighted by atomic mass is 16.5. The normalized spacial score (nSPS) is 34.1. The molecule has 2 heterocycles. The van der Waals surface area contributed by atoms with Crippen LogP contribution in [0.15, 0.2) is 0 Å². The molecule has 0 aromatic rings. The molecular formula is C13H27N3O. The summed E-state index contributed by atoms with van der Waals surface area (Å²) in [5.74, 6) is 0.689. The summed E-state index contributed by atoms with van der Waals surface area (Å²) in [7, 11) is 4.49. The second-order valence-electron chi connectivity index (χ2n) is 5.52. The van der Waals surface area contributed by atoms with Crippen LogP contribution >= 0.6 is 0 Å². The van der Waals surface area contributed by atoms with Crippen molar-refractivity contribution in [3.63, 3.8) is 0 Å². The van der Waals surface area contributed by atoms with Gasteiger partial charge in [-0.2, -0.15) is 0 Å². The van der Waals surface area contributed by atoms with Crippen LogP contribution in [0.5, 0.6) is 0 Å². The maximum atomic E-state index is 5.57. The van der Waals surface area contributed by atoms with Crippen molar-refractivity contribution in [1.29, 1.82) is 0 Å². The van der Waals surface area contributed by atoms with Crippen molar-refractivity contribution >= 4 is 0 Å². The van der Waals surface area contributed by atoms with Crippen molar-refractivity contribution in [2.45, 2.75) is 25.4 Å². The summed E-state index contributed by atoms with van der Waals surface area (Å²) in [4.78, 5) is 4.97. The van der Waals surface area contributed by atoms with Gasteiger partial charge < -0.3 is 15.0 Å². The van der Waals surface area contributed by atoms with Gasteiger partial charge in [-0.05, 0) is 27.1 Å². The molecule has 2 aliphatic heterocycles. The van der Waals surface area contributed by atoms with Gasteiger partial charge in [-0.25, -0.2) is 0 Å². The zero-order valence-electron chi connectivity index (χ0n) is 11.5. The Kier molecular flexibility index (Phi) is 4.79. The van der Waals surface area contributed by atoms with Gasteiger partial charge >= 0.3 is 0 Å². The molecule has 2 fully saturated rings. The molecule has 0 bridgehead atoms. The summed E-state index contributed by atoms with van der Waals surface area (Å²) in [6, 6.07) is 1.20. The first kappa shape index (κ1) is 13.3. The molecule has 2 aliphatic rings. The lowest BCUT2D eigenvalue weighted by Crippen LogP contribution is -2.60. The predicted molar refractivity (Wildman–Crippen MR) is 70.3 cm³/mol. The van der Waals surface area contributed by atoms with Crippen LogP contribution in [0.25, 0.3) is 0 Å². The Labute approximate surface area is 105 Å². The Bertz CT molecular complexity index is 231. The van der Waals surface area contributed by atoms with Crippen molar-refractivity contribution in [2.24, 2.45) is 5.92 Å². The van der Waals surface area contributed by atoms with Crippen molar-refractivity contribution in [2.75, 3.05) is 53.5 Å². The SMILES string of the molecule is CCNC(C1CCOC1)C1CN(C)CCN1C. The molecule has 0 aromatic carbocycles. The first-order chi connectivity index (χ1) is 8.22. The van der Waals surface area contributed by atoms with Crippen molar-refractivity contribution in [3.8, 4) is 0 Å². The van der Waals surface area contributed by atoms with Crippen LogP contribution in [0.2, 0.25) is 0 Å². The predicted octanol–water partition coefficient (Wildman–Crippen LogP) is 0.247. The maximum Gasteiger partial charge on any atom is 0.0510 e. The zero-order valence-corrected chi connectivity index (χ0v) is 11.5. The number of likely N-dealkylation sites (N-methyl/N-ethyl adjacent to an activating group) is 3. The molecule has 3 atom stereocenters. The van der Waals surface area contributed by atoms with Crippen LogP contribution in [-0.2, 0) is 4.74 Å². The van der Waals surface area contributed by atoms with Gasteiger partial charge in [0.05, 0.1) is 6.61 Å². The van der Waals surface area contributed by atoms with Gasteiger partial charge in [0.2, 0.25) is 0 Å². The van der Waals surface area contributed by atoms with Gasteiger partial charge in [0.25, 0.3) is 0 Å². The van der Waals surface area contributed by atoms with E-state index in [2.05, 4.69) is 36.1 Å². The number of ether oxygens (including phenoxy) is 1. The fourth-order valence-corrected chi connectivity index (χ4v) is 3.12. The van der Waals surface area contributed by atoms with Gasteiger partial charge in [-0.1, -0.05) is 6.92 Å². The van der Waals surface area contributed by atoms with E-state index in [-0.39, 0.29) is 0 Å². The number of hydrogen-bond donors (Lipinski definition) is 1. The number of hydrogen-bond acceptors (Lipinski definition) is 4. The summed E-state index contributed by atoms with van der Waals surface area (Å²) in [6.07, 6.45) is 1.21. The number of rotatable bonds is 4. The highest BCUT2D eigenvalue weighted by Gasteiger charge is 2.35. The third kappa shape index (κ3) is 3.19. The highest BCUT2D eigenvalue weighted by Crippen LogP contribution is 2.23. The van der Waals surface area contributed by atoms with Crippen LogP contribution in [-0.4, -0.2) is 75.4 Å². The molecule has 0 saturated carbocycles. The molecule has 3 unspecified atom stereocenters. The summed E-state index contributed by atoms with van der Waals surface area (Å²) in [6.45, 7) is 8.67. The molecule has 2 saturated heterocycles. The fraction of sp³-hybridized carbons (Fsp3) is 1.00. The molecule has 2 rings (SSSR count). The molecule has 0 spiro atoms. The molecule has 17 heavy (non-hydrogen) atoms. The van der Waals surface area contributed by atoms with E-state index in [9.17, 15) is 0 Å². The Morgan fingerprint density at radius 2 is 2.18 bits per heavy atom. The summed E-state index contributed by atoms with van der Waals surface area (Å²) in [5.41, 5.74) is 0. The zero-order chi connectivity index (χ0) is 12.3. The number of nitrogens with one attached hydrogen (secondary N) is 1. The first-order valence-corrected chi connectivity index (χ1v) is 6.92. The Morgan fingerprint density at radius 1 is 1.35 bits per heavy atom. The molecule has 1 N–H and O–H groups in total. The largest absolute Gasteiger partial charge is 0.381 e. The Hall–Kier alpha value is -0.160. The first-order valence-electron chi connectivity index (χ1n) is 6.92. The van der Waals surface area contributed by atoms with Crippen molar-refractivity contribution in [1.82, 2.24) is 15.1 Å². The monoisotopic (exact) mass is 241 g/mol. The second kappa shape index (κ2) is 6.14. The molecule has 0 amide bonds. The van der Waals surface area contributed by atoms with E-state index >= 15 is 0 Å². The van der Waals surface area contributed by atoms with Gasteiger partial charge in [-0.15, -0.1) is 0 Å². The summed E-state index contributed by atoms with van der Waals surface area (Å²) >= 11 is 0. The van der Waals surface area contributed by atoms with Crippen LogP contribution in [0.1, 0.15) is 13.3 Å². The number of nitrogens with zero attached hydrogens (tertiary/aromatic N) is 2. The molecule has 0 aliphatic carbocycles. The summed E-state index contributed by atoms with van der Waals surface area (Å²) in [5, 5.41) is 3.70. The standard InChI is InChI=1S/C13H27N3O/c1-4-14-13(11-5-8-17-10-11)12-9-15(2)6-7-16(12)3/h11-14H,4-10H2,1-3H3. The van der Waals surface area contributed by atoms with Gasteiger partial charge in [0.1, 0.15) is 0 Å². The van der Waals surface area contributed by atoms with Gasteiger partial charge in [0, 0.05) is 44.2 Å². The lowest BCUT2D eigenvalue weighted by molar-refractivity contribution is 0.0661. The minimum absolute atomic E-state index is 0.579. The van der Waals surface area contributed by atoms with Gasteiger partial charge in [0.15, 0.2) is 0 Å². The van der Waals surface area contributed by atoms with E-state index in [4.69, 9.17) is 4.74 Å². The van der Waals surface area contributed by atoms with Crippen LogP contribution in [0, 0.1) is 5.92 Å². The van der Waals surface area contributed by atoms with E-state index in [0.717, 1.165) is 19.8 Å². The van der Waals surface area contributed by atoms with Crippen molar-refractivity contribution < 1.29 is 4.74 Å². The quantitative estimate of drug-likeness (QED) is 0.763. The van der Waals surface area contributed by atoms with E-state index < -0.39 is 0 Å². The molecule has 0 aromatic heterocycles. The lowest BCUT2D eigenvalue weighted by atomic mass is 9.90.